The Labute approximate surface area is 113 Å². The summed E-state index contributed by atoms with van der Waals surface area (Å²) in [4.78, 5) is 10.7. The molecule has 1 unspecified atom stereocenters. The first-order chi connectivity index (χ1) is 9.03. The molecule has 5 heteroatoms. The number of methoxy groups -OCH3 is 3. The number of hydrogen-bond donors (Lipinski definition) is 1. The topological polar surface area (TPSA) is 65.0 Å². The lowest BCUT2D eigenvalue weighted by molar-refractivity contribution is -0.137. The molecule has 5 nitrogen and oxygen atoms in total. The van der Waals surface area contributed by atoms with Gasteiger partial charge in [0.15, 0.2) is 0 Å². The maximum Gasteiger partial charge on any atom is 0.303 e. The van der Waals surface area contributed by atoms with E-state index in [0.717, 1.165) is 5.56 Å². The monoisotopic (exact) mass is 268 g/mol. The number of hydrogen-bond acceptors (Lipinski definition) is 4. The second-order valence-corrected chi connectivity index (χ2v) is 4.28. The molecule has 1 atom stereocenters. The van der Waals surface area contributed by atoms with Gasteiger partial charge in [-0.15, -0.1) is 0 Å². The van der Waals surface area contributed by atoms with E-state index in [9.17, 15) is 4.79 Å². The average molecular weight is 268 g/mol. The number of ether oxygens (including phenoxy) is 3. The Hall–Kier alpha value is -1.91. The summed E-state index contributed by atoms with van der Waals surface area (Å²) in [6.07, 6.45) is 0.633. The Morgan fingerprint density at radius 1 is 1.16 bits per heavy atom. The predicted molar refractivity (Wildman–Crippen MR) is 71.4 cm³/mol. The fourth-order valence-corrected chi connectivity index (χ4v) is 2.00. The van der Waals surface area contributed by atoms with Crippen LogP contribution >= 0.6 is 0 Å². The summed E-state index contributed by atoms with van der Waals surface area (Å²) in [5.74, 6) is 1.15. The van der Waals surface area contributed by atoms with Gasteiger partial charge in [0, 0.05) is 24.1 Å². The second kappa shape index (κ2) is 6.87. The van der Waals surface area contributed by atoms with Crippen molar-refractivity contribution in [3.63, 3.8) is 0 Å². The van der Waals surface area contributed by atoms with Crippen molar-refractivity contribution in [2.75, 3.05) is 21.3 Å². The number of rotatable bonds is 7. The van der Waals surface area contributed by atoms with Crippen molar-refractivity contribution in [2.24, 2.45) is 0 Å². The maximum atomic E-state index is 10.7. The van der Waals surface area contributed by atoms with Crippen molar-refractivity contribution in [1.82, 2.24) is 0 Å². The molecular formula is C14H20O5. The minimum atomic E-state index is -0.807. The molecule has 0 heterocycles. The summed E-state index contributed by atoms with van der Waals surface area (Å²) in [7, 11) is 4.71. The van der Waals surface area contributed by atoms with Gasteiger partial charge >= 0.3 is 5.97 Å². The average Bonchev–Trinajstić information content (AvgIpc) is 2.42. The zero-order valence-electron chi connectivity index (χ0n) is 11.7. The lowest BCUT2D eigenvalue weighted by Gasteiger charge is -2.19. The summed E-state index contributed by atoms with van der Waals surface area (Å²) in [5.41, 5.74) is 0.868. The van der Waals surface area contributed by atoms with Crippen LogP contribution < -0.4 is 14.2 Å². The van der Waals surface area contributed by atoms with Gasteiger partial charge in [-0.25, -0.2) is 0 Å². The highest BCUT2D eigenvalue weighted by Crippen LogP contribution is 2.40. The number of carboxylic acid groups (broad SMARTS) is 1. The van der Waals surface area contributed by atoms with Crippen LogP contribution in [0.1, 0.15) is 31.2 Å². The van der Waals surface area contributed by atoms with Gasteiger partial charge in [0.05, 0.1) is 21.3 Å². The van der Waals surface area contributed by atoms with E-state index in [-0.39, 0.29) is 12.3 Å². The van der Waals surface area contributed by atoms with Crippen LogP contribution in [0, 0.1) is 0 Å². The smallest absolute Gasteiger partial charge is 0.303 e. The lowest BCUT2D eigenvalue weighted by atomic mass is 9.94. The van der Waals surface area contributed by atoms with Crippen LogP contribution in [0.15, 0.2) is 12.1 Å². The minimum absolute atomic E-state index is 0.0203. The van der Waals surface area contributed by atoms with Crippen LogP contribution in [0.25, 0.3) is 0 Å². The summed E-state index contributed by atoms with van der Waals surface area (Å²) < 4.78 is 15.9. The van der Waals surface area contributed by atoms with Crippen molar-refractivity contribution < 1.29 is 24.1 Å². The van der Waals surface area contributed by atoms with Gasteiger partial charge in [0.25, 0.3) is 0 Å². The first-order valence-electron chi connectivity index (χ1n) is 6.05. The number of carboxylic acids is 1. The fourth-order valence-electron chi connectivity index (χ4n) is 2.00. The molecule has 0 radical (unpaired) electrons. The highest BCUT2D eigenvalue weighted by Gasteiger charge is 2.19. The molecule has 0 spiro atoms. The largest absolute Gasteiger partial charge is 0.496 e. The SMILES string of the molecule is COc1cc(OC)c(C(C)CCC(=O)O)c(OC)c1. The molecule has 1 N–H and O–H groups in total. The lowest BCUT2D eigenvalue weighted by Crippen LogP contribution is -2.05. The molecule has 0 bridgehead atoms. The highest BCUT2D eigenvalue weighted by molar-refractivity contribution is 5.67. The van der Waals surface area contributed by atoms with E-state index in [0.29, 0.717) is 23.7 Å². The van der Waals surface area contributed by atoms with Crippen molar-refractivity contribution >= 4 is 5.97 Å². The minimum Gasteiger partial charge on any atom is -0.496 e. The van der Waals surface area contributed by atoms with Crippen molar-refractivity contribution in [2.45, 2.75) is 25.7 Å². The third-order valence-electron chi connectivity index (χ3n) is 3.04. The van der Waals surface area contributed by atoms with Crippen molar-refractivity contribution in [3.8, 4) is 17.2 Å². The molecule has 0 aliphatic heterocycles. The highest BCUT2D eigenvalue weighted by atomic mass is 16.5. The molecule has 0 aliphatic carbocycles. The Kier molecular flexibility index (Phi) is 5.48. The molecule has 0 aromatic heterocycles. The Bertz CT molecular complexity index is 416. The Morgan fingerprint density at radius 2 is 1.68 bits per heavy atom. The van der Waals surface area contributed by atoms with Gasteiger partial charge in [-0.05, 0) is 12.3 Å². The molecule has 0 saturated heterocycles. The second-order valence-electron chi connectivity index (χ2n) is 4.28. The predicted octanol–water partition coefficient (Wildman–Crippen LogP) is 2.68. The summed E-state index contributed by atoms with van der Waals surface area (Å²) in [5, 5.41) is 8.76. The van der Waals surface area contributed by atoms with E-state index >= 15 is 0 Å². The first kappa shape index (κ1) is 15.1. The molecule has 1 rings (SSSR count). The van der Waals surface area contributed by atoms with Gasteiger partial charge < -0.3 is 19.3 Å². The van der Waals surface area contributed by atoms with Crippen LogP contribution in [0.2, 0.25) is 0 Å². The molecule has 0 aliphatic rings. The first-order valence-corrected chi connectivity index (χ1v) is 6.05. The molecule has 0 amide bonds. The summed E-state index contributed by atoms with van der Waals surface area (Å²) in [6.45, 7) is 1.95. The van der Waals surface area contributed by atoms with Crippen LogP contribution in [0.4, 0.5) is 0 Å². The zero-order chi connectivity index (χ0) is 14.4. The van der Waals surface area contributed by atoms with E-state index in [4.69, 9.17) is 19.3 Å². The third kappa shape index (κ3) is 3.77. The third-order valence-corrected chi connectivity index (χ3v) is 3.04. The van der Waals surface area contributed by atoms with E-state index in [2.05, 4.69) is 0 Å². The summed E-state index contributed by atoms with van der Waals surface area (Å²) >= 11 is 0. The molecule has 19 heavy (non-hydrogen) atoms. The molecule has 1 aromatic rings. The molecule has 1 aromatic carbocycles. The Morgan fingerprint density at radius 3 is 2.05 bits per heavy atom. The van der Waals surface area contributed by atoms with E-state index in [1.807, 2.05) is 6.92 Å². The Balaban J connectivity index is 3.12. The molecule has 106 valence electrons. The van der Waals surface area contributed by atoms with Gasteiger partial charge in [-0.1, -0.05) is 6.92 Å². The standard InChI is InChI=1S/C14H20O5/c1-9(5-6-13(15)16)14-11(18-3)7-10(17-2)8-12(14)19-4/h7-9H,5-6H2,1-4H3,(H,15,16). The van der Waals surface area contributed by atoms with Gasteiger partial charge in [-0.2, -0.15) is 0 Å². The zero-order valence-corrected chi connectivity index (χ0v) is 11.7. The number of benzene rings is 1. The number of aliphatic carboxylic acids is 1. The normalized spacial score (nSPS) is 11.8. The van der Waals surface area contributed by atoms with E-state index in [1.165, 1.54) is 0 Å². The quantitative estimate of drug-likeness (QED) is 0.823. The van der Waals surface area contributed by atoms with Crippen molar-refractivity contribution in [1.29, 1.82) is 0 Å². The fraction of sp³-hybridized carbons (Fsp3) is 0.500. The van der Waals surface area contributed by atoms with Crippen molar-refractivity contribution in [3.05, 3.63) is 17.7 Å². The van der Waals surface area contributed by atoms with Crippen LogP contribution in [-0.4, -0.2) is 32.4 Å². The molecular weight excluding hydrogens is 248 g/mol. The van der Waals surface area contributed by atoms with Gasteiger partial charge in [-0.3, -0.25) is 4.79 Å². The van der Waals surface area contributed by atoms with Gasteiger partial charge in [0.2, 0.25) is 0 Å². The van der Waals surface area contributed by atoms with Crippen LogP contribution in [-0.2, 0) is 4.79 Å². The van der Waals surface area contributed by atoms with E-state index in [1.54, 1.807) is 33.5 Å². The molecule has 0 fully saturated rings. The maximum absolute atomic E-state index is 10.7. The van der Waals surface area contributed by atoms with Crippen LogP contribution in [0.3, 0.4) is 0 Å². The van der Waals surface area contributed by atoms with Crippen LogP contribution in [0.5, 0.6) is 17.2 Å². The van der Waals surface area contributed by atoms with Gasteiger partial charge in [0.1, 0.15) is 17.2 Å². The number of carbonyl (C=O) groups is 1. The molecule has 0 saturated carbocycles. The van der Waals surface area contributed by atoms with E-state index < -0.39 is 5.97 Å². The summed E-state index contributed by atoms with van der Waals surface area (Å²) in [6, 6.07) is 3.55.